The molecule has 0 bridgehead atoms. The predicted octanol–water partition coefficient (Wildman–Crippen LogP) is 3.14. The molecule has 0 saturated carbocycles. The van der Waals surface area contributed by atoms with E-state index in [2.05, 4.69) is 52.3 Å². The summed E-state index contributed by atoms with van der Waals surface area (Å²) in [5, 5.41) is 7.93. The van der Waals surface area contributed by atoms with Crippen molar-refractivity contribution in [1.82, 2.24) is 15.1 Å². The number of hydrogen-bond acceptors (Lipinski definition) is 3. The molecule has 0 aliphatic heterocycles. The summed E-state index contributed by atoms with van der Waals surface area (Å²) in [6.45, 7) is 5.98. The summed E-state index contributed by atoms with van der Waals surface area (Å²) in [7, 11) is 3.67. The highest BCUT2D eigenvalue weighted by atomic mass is 79.9. The summed E-state index contributed by atoms with van der Waals surface area (Å²) in [5.41, 5.74) is 4.97. The fourth-order valence-electron chi connectivity index (χ4n) is 2.45. The van der Waals surface area contributed by atoms with E-state index in [1.807, 2.05) is 17.8 Å². The SMILES string of the molecule is COc1ccc(CNCCc2c(C)nn(C)c2C)cc1Br. The molecule has 0 unspecified atom stereocenters. The first kappa shape index (κ1) is 16.0. The fourth-order valence-corrected chi connectivity index (χ4v) is 3.03. The van der Waals surface area contributed by atoms with Gasteiger partial charge in [-0.3, -0.25) is 4.68 Å². The average Bonchev–Trinajstić information content (AvgIpc) is 2.69. The highest BCUT2D eigenvalue weighted by molar-refractivity contribution is 9.10. The van der Waals surface area contributed by atoms with E-state index in [-0.39, 0.29) is 0 Å². The summed E-state index contributed by atoms with van der Waals surface area (Å²) >= 11 is 3.51. The molecule has 0 spiro atoms. The van der Waals surface area contributed by atoms with Crippen LogP contribution in [0.25, 0.3) is 0 Å². The van der Waals surface area contributed by atoms with Crippen LogP contribution < -0.4 is 10.1 Å². The monoisotopic (exact) mass is 351 g/mol. The maximum atomic E-state index is 5.24. The van der Waals surface area contributed by atoms with Crippen molar-refractivity contribution in [1.29, 1.82) is 0 Å². The second kappa shape index (κ2) is 7.09. The minimum atomic E-state index is 0.848. The third kappa shape index (κ3) is 3.86. The lowest BCUT2D eigenvalue weighted by atomic mass is 10.1. The van der Waals surface area contributed by atoms with Crippen LogP contribution in [0.2, 0.25) is 0 Å². The number of halogens is 1. The molecule has 1 aromatic carbocycles. The number of nitrogens with zero attached hydrogens (tertiary/aromatic N) is 2. The molecule has 2 rings (SSSR count). The topological polar surface area (TPSA) is 39.1 Å². The Morgan fingerprint density at radius 1 is 1.33 bits per heavy atom. The summed E-state index contributed by atoms with van der Waals surface area (Å²) in [5.74, 6) is 0.861. The van der Waals surface area contributed by atoms with Crippen molar-refractivity contribution in [3.05, 3.63) is 45.2 Å². The summed E-state index contributed by atoms with van der Waals surface area (Å²) in [6.07, 6.45) is 1.00. The van der Waals surface area contributed by atoms with Crippen molar-refractivity contribution in [2.75, 3.05) is 13.7 Å². The number of rotatable bonds is 6. The molecule has 0 fully saturated rings. The van der Waals surface area contributed by atoms with Crippen molar-refractivity contribution in [3.63, 3.8) is 0 Å². The van der Waals surface area contributed by atoms with Gasteiger partial charge in [0, 0.05) is 19.3 Å². The maximum Gasteiger partial charge on any atom is 0.133 e. The van der Waals surface area contributed by atoms with Crippen molar-refractivity contribution in [2.24, 2.45) is 7.05 Å². The van der Waals surface area contributed by atoms with Gasteiger partial charge >= 0.3 is 0 Å². The molecule has 114 valence electrons. The minimum absolute atomic E-state index is 0.848. The first-order valence-corrected chi connectivity index (χ1v) is 7.84. The van der Waals surface area contributed by atoms with Gasteiger partial charge in [-0.1, -0.05) is 6.07 Å². The second-order valence-corrected chi connectivity index (χ2v) is 6.02. The van der Waals surface area contributed by atoms with E-state index in [0.717, 1.165) is 35.4 Å². The van der Waals surface area contributed by atoms with Crippen molar-refractivity contribution in [2.45, 2.75) is 26.8 Å². The predicted molar refractivity (Wildman–Crippen MR) is 88.8 cm³/mol. The molecular formula is C16H22BrN3O. The van der Waals surface area contributed by atoms with Gasteiger partial charge in [0.05, 0.1) is 17.3 Å². The Bertz CT molecular complexity index is 622. The zero-order valence-corrected chi connectivity index (χ0v) is 14.6. The van der Waals surface area contributed by atoms with E-state index in [4.69, 9.17) is 4.74 Å². The van der Waals surface area contributed by atoms with Crippen LogP contribution in [0.4, 0.5) is 0 Å². The van der Waals surface area contributed by atoms with Gasteiger partial charge in [-0.15, -0.1) is 0 Å². The molecule has 2 aromatic rings. The van der Waals surface area contributed by atoms with E-state index in [1.54, 1.807) is 7.11 Å². The Labute approximate surface area is 134 Å². The molecule has 0 aliphatic rings. The largest absolute Gasteiger partial charge is 0.496 e. The summed E-state index contributed by atoms with van der Waals surface area (Å²) in [4.78, 5) is 0. The Kier molecular flexibility index (Phi) is 5.42. The molecule has 5 heteroatoms. The first-order chi connectivity index (χ1) is 10.0. The summed E-state index contributed by atoms with van der Waals surface area (Å²) < 4.78 is 8.17. The van der Waals surface area contributed by atoms with Crippen LogP contribution >= 0.6 is 15.9 Å². The van der Waals surface area contributed by atoms with Crippen molar-refractivity contribution < 1.29 is 4.74 Å². The molecule has 1 aromatic heterocycles. The molecule has 0 radical (unpaired) electrons. The number of ether oxygens (including phenoxy) is 1. The van der Waals surface area contributed by atoms with Crippen LogP contribution in [0.3, 0.4) is 0 Å². The lowest BCUT2D eigenvalue weighted by molar-refractivity contribution is 0.412. The van der Waals surface area contributed by atoms with Crippen molar-refractivity contribution >= 4 is 15.9 Å². The zero-order chi connectivity index (χ0) is 15.4. The Hall–Kier alpha value is -1.33. The third-order valence-electron chi connectivity index (χ3n) is 3.76. The number of benzene rings is 1. The van der Waals surface area contributed by atoms with Gasteiger partial charge in [-0.05, 0) is 66.0 Å². The Morgan fingerprint density at radius 2 is 2.10 bits per heavy atom. The molecule has 1 N–H and O–H groups in total. The van der Waals surface area contributed by atoms with E-state index in [0.29, 0.717) is 0 Å². The van der Waals surface area contributed by atoms with Crippen LogP contribution in [0.15, 0.2) is 22.7 Å². The molecule has 0 saturated heterocycles. The van der Waals surface area contributed by atoms with Crippen LogP contribution in [-0.4, -0.2) is 23.4 Å². The van der Waals surface area contributed by atoms with Gasteiger partial charge in [0.2, 0.25) is 0 Å². The quantitative estimate of drug-likeness (QED) is 0.812. The van der Waals surface area contributed by atoms with Crippen LogP contribution in [0, 0.1) is 13.8 Å². The lowest BCUT2D eigenvalue weighted by Gasteiger charge is -2.08. The number of aromatic nitrogens is 2. The Morgan fingerprint density at radius 3 is 2.67 bits per heavy atom. The molecule has 4 nitrogen and oxygen atoms in total. The molecule has 1 heterocycles. The summed E-state index contributed by atoms with van der Waals surface area (Å²) in [6, 6.07) is 6.15. The molecule has 21 heavy (non-hydrogen) atoms. The smallest absolute Gasteiger partial charge is 0.133 e. The van der Waals surface area contributed by atoms with E-state index < -0.39 is 0 Å². The standard InChI is InChI=1S/C16H22BrN3O/c1-11-14(12(2)20(3)19-11)7-8-18-10-13-5-6-16(21-4)15(17)9-13/h5-6,9,18H,7-8,10H2,1-4H3. The first-order valence-electron chi connectivity index (χ1n) is 7.05. The fraction of sp³-hybridized carbons (Fsp3) is 0.438. The number of methoxy groups -OCH3 is 1. The number of hydrogen-bond donors (Lipinski definition) is 1. The average molecular weight is 352 g/mol. The van der Waals surface area contributed by atoms with Gasteiger partial charge in [-0.25, -0.2) is 0 Å². The highest BCUT2D eigenvalue weighted by Crippen LogP contribution is 2.25. The number of aryl methyl sites for hydroxylation is 2. The van der Waals surface area contributed by atoms with Crippen LogP contribution in [-0.2, 0) is 20.0 Å². The lowest BCUT2D eigenvalue weighted by Crippen LogP contribution is -2.17. The molecule has 0 amide bonds. The van der Waals surface area contributed by atoms with E-state index in [1.165, 1.54) is 16.8 Å². The second-order valence-electron chi connectivity index (χ2n) is 5.17. The molecule has 0 atom stereocenters. The normalized spacial score (nSPS) is 10.9. The van der Waals surface area contributed by atoms with Gasteiger partial charge in [0.15, 0.2) is 0 Å². The zero-order valence-electron chi connectivity index (χ0n) is 13.0. The molecule has 0 aliphatic carbocycles. The van der Waals surface area contributed by atoms with Crippen molar-refractivity contribution in [3.8, 4) is 5.75 Å². The van der Waals surface area contributed by atoms with Gasteiger partial charge < -0.3 is 10.1 Å². The Balaban J connectivity index is 1.86. The van der Waals surface area contributed by atoms with Gasteiger partial charge in [0.25, 0.3) is 0 Å². The third-order valence-corrected chi connectivity index (χ3v) is 4.38. The van der Waals surface area contributed by atoms with Gasteiger partial charge in [-0.2, -0.15) is 5.10 Å². The van der Waals surface area contributed by atoms with Crippen LogP contribution in [0.5, 0.6) is 5.75 Å². The highest BCUT2D eigenvalue weighted by Gasteiger charge is 2.08. The van der Waals surface area contributed by atoms with Crippen LogP contribution in [0.1, 0.15) is 22.5 Å². The van der Waals surface area contributed by atoms with Gasteiger partial charge in [0.1, 0.15) is 5.75 Å². The number of nitrogens with one attached hydrogen (secondary N) is 1. The van der Waals surface area contributed by atoms with E-state index in [9.17, 15) is 0 Å². The van der Waals surface area contributed by atoms with E-state index >= 15 is 0 Å². The molecular weight excluding hydrogens is 330 g/mol. The maximum absolute atomic E-state index is 5.24. The minimum Gasteiger partial charge on any atom is -0.496 e.